The van der Waals surface area contributed by atoms with Gasteiger partial charge in [-0.05, 0) is 48.7 Å². The molecule has 2 saturated heterocycles. The first-order valence-corrected chi connectivity index (χ1v) is 10.7. The summed E-state index contributed by atoms with van der Waals surface area (Å²) in [7, 11) is -3.22. The summed E-state index contributed by atoms with van der Waals surface area (Å²) in [6.45, 7) is 4.13. The van der Waals surface area contributed by atoms with E-state index >= 15 is 0 Å². The number of amides is 2. The van der Waals surface area contributed by atoms with Crippen molar-refractivity contribution in [3.63, 3.8) is 0 Å². The number of fused-ring (bicyclic) bond motifs is 1. The van der Waals surface area contributed by atoms with Gasteiger partial charge in [-0.3, -0.25) is 4.90 Å². The predicted octanol–water partition coefficient (Wildman–Crippen LogP) is 3.05. The number of urea groups is 1. The molecule has 2 fully saturated rings. The van der Waals surface area contributed by atoms with E-state index in [-0.39, 0.29) is 29.9 Å². The second kappa shape index (κ2) is 6.34. The van der Waals surface area contributed by atoms with Gasteiger partial charge in [0.15, 0.2) is 9.84 Å². The Kier molecular flexibility index (Phi) is 4.22. The minimum absolute atomic E-state index is 0.0310. The summed E-state index contributed by atoms with van der Waals surface area (Å²) in [6.07, 6.45) is 0. The molecule has 0 bridgehead atoms. The second-order valence-corrected chi connectivity index (χ2v) is 9.56. The molecular formula is C20H21FN2O3S. The zero-order valence-electron chi connectivity index (χ0n) is 15.2. The number of sulfone groups is 1. The van der Waals surface area contributed by atoms with Gasteiger partial charge in [0.1, 0.15) is 5.82 Å². The van der Waals surface area contributed by atoms with Crippen LogP contribution in [0, 0.1) is 19.7 Å². The molecule has 4 rings (SSSR count). The van der Waals surface area contributed by atoms with Crippen molar-refractivity contribution >= 4 is 21.6 Å². The lowest BCUT2D eigenvalue weighted by Crippen LogP contribution is -2.38. The van der Waals surface area contributed by atoms with Gasteiger partial charge in [-0.1, -0.05) is 24.3 Å². The Morgan fingerprint density at radius 1 is 1.04 bits per heavy atom. The van der Waals surface area contributed by atoms with Crippen molar-refractivity contribution in [1.82, 2.24) is 4.90 Å². The molecule has 2 atom stereocenters. The smallest absolute Gasteiger partial charge is 0.314 e. The van der Waals surface area contributed by atoms with Gasteiger partial charge in [-0.2, -0.15) is 0 Å². The fourth-order valence-electron chi connectivity index (χ4n) is 4.01. The van der Waals surface area contributed by atoms with Gasteiger partial charge < -0.3 is 4.90 Å². The van der Waals surface area contributed by atoms with E-state index < -0.39 is 21.9 Å². The first-order chi connectivity index (χ1) is 12.7. The zero-order valence-corrected chi connectivity index (χ0v) is 16.0. The van der Waals surface area contributed by atoms with Crippen molar-refractivity contribution < 1.29 is 17.6 Å². The van der Waals surface area contributed by atoms with Gasteiger partial charge in [0.2, 0.25) is 0 Å². The highest BCUT2D eigenvalue weighted by molar-refractivity contribution is 7.91. The molecule has 0 spiro atoms. The minimum atomic E-state index is -3.22. The third kappa shape index (κ3) is 3.20. The van der Waals surface area contributed by atoms with E-state index in [1.807, 2.05) is 32.0 Å². The molecule has 2 aliphatic rings. The lowest BCUT2D eigenvalue weighted by Gasteiger charge is -2.24. The van der Waals surface area contributed by atoms with E-state index in [0.29, 0.717) is 0 Å². The summed E-state index contributed by atoms with van der Waals surface area (Å²) in [6, 6.07) is 10.8. The highest BCUT2D eigenvalue weighted by Crippen LogP contribution is 2.37. The van der Waals surface area contributed by atoms with E-state index in [1.165, 1.54) is 12.1 Å². The number of aryl methyl sites for hydroxylation is 2. The zero-order chi connectivity index (χ0) is 19.3. The van der Waals surface area contributed by atoms with Gasteiger partial charge in [0.05, 0.1) is 23.6 Å². The Morgan fingerprint density at radius 2 is 1.70 bits per heavy atom. The molecule has 0 saturated carbocycles. The molecule has 0 aromatic heterocycles. The molecule has 2 aromatic rings. The van der Waals surface area contributed by atoms with Crippen molar-refractivity contribution in [2.24, 2.45) is 0 Å². The fraction of sp³-hybridized carbons (Fsp3) is 0.350. The quantitative estimate of drug-likeness (QED) is 0.760. The van der Waals surface area contributed by atoms with Crippen LogP contribution < -0.4 is 4.90 Å². The number of rotatable bonds is 3. The Morgan fingerprint density at radius 3 is 2.41 bits per heavy atom. The monoisotopic (exact) mass is 388 g/mol. The molecule has 2 amide bonds. The maximum absolute atomic E-state index is 13.2. The summed E-state index contributed by atoms with van der Waals surface area (Å²) >= 11 is 0. The summed E-state index contributed by atoms with van der Waals surface area (Å²) in [4.78, 5) is 16.5. The molecule has 0 unspecified atom stereocenters. The fourth-order valence-corrected chi connectivity index (χ4v) is 5.96. The first-order valence-electron chi connectivity index (χ1n) is 8.87. The Balaban J connectivity index is 1.73. The van der Waals surface area contributed by atoms with E-state index in [2.05, 4.69) is 0 Å². The Bertz CT molecular complexity index is 1000. The van der Waals surface area contributed by atoms with Gasteiger partial charge in [0, 0.05) is 12.2 Å². The van der Waals surface area contributed by atoms with Gasteiger partial charge in [-0.25, -0.2) is 17.6 Å². The maximum Gasteiger partial charge on any atom is 0.325 e. The summed E-state index contributed by atoms with van der Waals surface area (Å²) in [5, 5.41) is 0. The molecule has 27 heavy (non-hydrogen) atoms. The van der Waals surface area contributed by atoms with Crippen LogP contribution >= 0.6 is 0 Å². The van der Waals surface area contributed by atoms with Crippen LogP contribution in [0.2, 0.25) is 0 Å². The van der Waals surface area contributed by atoms with Gasteiger partial charge >= 0.3 is 6.03 Å². The molecule has 5 nitrogen and oxygen atoms in total. The molecule has 0 aliphatic carbocycles. The average molecular weight is 388 g/mol. The number of anilines is 1. The Hall–Kier alpha value is -2.41. The highest BCUT2D eigenvalue weighted by atomic mass is 32.2. The number of carbonyl (C=O) groups excluding carboxylic acids is 1. The van der Waals surface area contributed by atoms with Crippen LogP contribution in [-0.2, 0) is 16.4 Å². The Labute approximate surface area is 158 Å². The van der Waals surface area contributed by atoms with Gasteiger partial charge in [0.25, 0.3) is 0 Å². The third-order valence-electron chi connectivity index (χ3n) is 5.37. The van der Waals surface area contributed by atoms with Gasteiger partial charge in [-0.15, -0.1) is 0 Å². The number of benzene rings is 2. The van der Waals surface area contributed by atoms with Crippen LogP contribution in [0.15, 0.2) is 42.5 Å². The lowest BCUT2D eigenvalue weighted by molar-refractivity contribution is 0.206. The highest BCUT2D eigenvalue weighted by Gasteiger charge is 2.54. The SMILES string of the molecule is Cc1ccc(C)c(N2C(=O)N(Cc3ccc(F)cc3)[C@@H]3CS(=O)(=O)C[C@@H]32)c1. The average Bonchev–Trinajstić information content (AvgIpc) is 3.03. The van der Waals surface area contributed by atoms with Crippen LogP contribution in [-0.4, -0.2) is 42.9 Å². The van der Waals surface area contributed by atoms with Crippen molar-refractivity contribution in [1.29, 1.82) is 0 Å². The first kappa shape index (κ1) is 18.0. The normalized spacial score (nSPS) is 23.7. The minimum Gasteiger partial charge on any atom is -0.314 e. The summed E-state index contributed by atoms with van der Waals surface area (Å²) in [5.74, 6) is -0.410. The largest absolute Gasteiger partial charge is 0.325 e. The van der Waals surface area contributed by atoms with Crippen molar-refractivity contribution in [2.75, 3.05) is 16.4 Å². The summed E-state index contributed by atoms with van der Waals surface area (Å²) < 4.78 is 37.8. The number of halogens is 1. The number of hydrogen-bond acceptors (Lipinski definition) is 3. The van der Waals surface area contributed by atoms with Crippen LogP contribution in [0.5, 0.6) is 0 Å². The number of carbonyl (C=O) groups is 1. The third-order valence-corrected chi connectivity index (χ3v) is 7.07. The molecule has 2 aromatic carbocycles. The van der Waals surface area contributed by atoms with Crippen molar-refractivity contribution in [2.45, 2.75) is 32.5 Å². The molecule has 142 valence electrons. The molecule has 7 heteroatoms. The van der Waals surface area contributed by atoms with Crippen molar-refractivity contribution in [3.05, 3.63) is 65.0 Å². The molecular weight excluding hydrogens is 367 g/mol. The number of hydrogen-bond donors (Lipinski definition) is 0. The topological polar surface area (TPSA) is 57.7 Å². The molecule has 2 heterocycles. The second-order valence-electron chi connectivity index (χ2n) is 7.41. The maximum atomic E-state index is 13.2. The van der Waals surface area contributed by atoms with E-state index in [1.54, 1.807) is 21.9 Å². The molecule has 2 aliphatic heterocycles. The predicted molar refractivity (Wildman–Crippen MR) is 102 cm³/mol. The van der Waals surface area contributed by atoms with Crippen LogP contribution in [0.1, 0.15) is 16.7 Å². The van der Waals surface area contributed by atoms with E-state index in [9.17, 15) is 17.6 Å². The standard InChI is InChI=1S/C20H21FN2O3S/c1-13-3-4-14(2)17(9-13)23-19-12-27(25,26)11-18(19)22(20(23)24)10-15-5-7-16(21)8-6-15/h3-9,18-19H,10-12H2,1-2H3/t18-,19+/m1/s1. The van der Waals surface area contributed by atoms with Crippen LogP contribution in [0.3, 0.4) is 0 Å². The van der Waals surface area contributed by atoms with E-state index in [0.717, 1.165) is 22.4 Å². The van der Waals surface area contributed by atoms with Crippen molar-refractivity contribution in [3.8, 4) is 0 Å². The van der Waals surface area contributed by atoms with Crippen LogP contribution in [0.4, 0.5) is 14.9 Å². The number of nitrogens with zero attached hydrogens (tertiary/aromatic N) is 2. The van der Waals surface area contributed by atoms with E-state index in [4.69, 9.17) is 0 Å². The van der Waals surface area contributed by atoms with Crippen LogP contribution in [0.25, 0.3) is 0 Å². The molecule has 0 N–H and O–H groups in total. The summed E-state index contributed by atoms with van der Waals surface area (Å²) in [5.41, 5.74) is 3.47. The molecule has 0 radical (unpaired) electrons. The lowest BCUT2D eigenvalue weighted by atomic mass is 10.1.